The lowest BCUT2D eigenvalue weighted by atomic mass is 9.58. The van der Waals surface area contributed by atoms with Crippen LogP contribution in [0.25, 0.3) is 0 Å². The molecule has 3 rings (SSSR count). The van der Waals surface area contributed by atoms with Crippen molar-refractivity contribution >= 4 is 5.97 Å². The second kappa shape index (κ2) is 13.9. The van der Waals surface area contributed by atoms with E-state index >= 15 is 0 Å². The molecule has 0 spiro atoms. The van der Waals surface area contributed by atoms with Gasteiger partial charge < -0.3 is 27.7 Å². The van der Waals surface area contributed by atoms with E-state index in [-0.39, 0.29) is 29.0 Å². The van der Waals surface area contributed by atoms with Gasteiger partial charge in [-0.15, -0.1) is 0 Å². The first-order valence-corrected chi connectivity index (χ1v) is 17.2. The molecule has 1 saturated carbocycles. The Hall–Kier alpha value is -1.80. The van der Waals surface area contributed by atoms with Crippen molar-refractivity contribution in [3.05, 3.63) is 47.9 Å². The van der Waals surface area contributed by atoms with E-state index in [1.807, 2.05) is 13.0 Å². The van der Waals surface area contributed by atoms with E-state index in [0.29, 0.717) is 12.3 Å². The van der Waals surface area contributed by atoms with Gasteiger partial charge in [-0.3, -0.25) is 0 Å². The Morgan fingerprint density at radius 2 is 1.93 bits per heavy atom. The molecule has 0 radical (unpaired) electrons. The third kappa shape index (κ3) is 7.11. The Morgan fingerprint density at radius 1 is 1.25 bits per heavy atom. The molecule has 1 aliphatic heterocycles. The molecule has 1 heterocycles. The minimum absolute atomic E-state index is 0.00209. The fourth-order valence-electron chi connectivity index (χ4n) is 8.31. The van der Waals surface area contributed by atoms with E-state index in [4.69, 9.17) is 27.7 Å². The summed E-state index contributed by atoms with van der Waals surface area (Å²) in [6.07, 6.45) is 17.0. The largest absolute Gasteiger partial charge is 0.459 e. The van der Waals surface area contributed by atoms with Crippen LogP contribution in [-0.2, 0) is 9.53 Å². The summed E-state index contributed by atoms with van der Waals surface area (Å²) in [5.74, 6) is -0.276. The van der Waals surface area contributed by atoms with Gasteiger partial charge in [-0.05, 0) is 87.7 Å². The molecule has 7 heteroatoms. The van der Waals surface area contributed by atoms with Crippen molar-refractivity contribution < 1.29 is 13.9 Å². The van der Waals surface area contributed by atoms with Gasteiger partial charge in [-0.1, -0.05) is 97.1 Å². The van der Waals surface area contributed by atoms with Gasteiger partial charge in [-0.2, -0.15) is 0 Å². The van der Waals surface area contributed by atoms with Gasteiger partial charge >= 0.3 is 5.97 Å². The highest BCUT2D eigenvalue weighted by Crippen LogP contribution is 2.49. The molecule has 6 nitrogen and oxygen atoms in total. The number of nitrogens with two attached hydrogens (primary N) is 4. The molecule has 250 valence electrons. The predicted octanol–water partition coefficient (Wildman–Crippen LogP) is 7.28. The summed E-state index contributed by atoms with van der Waals surface area (Å²) >= 11 is 0. The first kappa shape index (κ1) is 36.7. The van der Waals surface area contributed by atoms with Crippen LogP contribution in [0.1, 0.15) is 126 Å². The molecule has 0 bridgehead atoms. The number of carbonyl (C=O) groups is 1. The average Bonchev–Trinajstić information content (AvgIpc) is 3.12. The van der Waals surface area contributed by atoms with Crippen LogP contribution in [0.4, 0.5) is 4.39 Å². The summed E-state index contributed by atoms with van der Waals surface area (Å²) in [6, 6.07) is -0.575. The van der Waals surface area contributed by atoms with Crippen LogP contribution >= 0.6 is 0 Å². The normalized spacial score (nSPS) is 38.3. The van der Waals surface area contributed by atoms with Crippen LogP contribution in [0.15, 0.2) is 47.9 Å². The molecular weight excluding hydrogens is 551 g/mol. The zero-order valence-corrected chi connectivity index (χ0v) is 28.8. The zero-order chi connectivity index (χ0) is 33.1. The van der Waals surface area contributed by atoms with E-state index in [1.165, 1.54) is 5.57 Å². The fourth-order valence-corrected chi connectivity index (χ4v) is 8.31. The minimum atomic E-state index is -1.51. The predicted molar refractivity (Wildman–Crippen MR) is 181 cm³/mol. The quantitative estimate of drug-likeness (QED) is 0.120. The Labute approximate surface area is 267 Å². The summed E-state index contributed by atoms with van der Waals surface area (Å²) in [5, 5.41) is 0. The second-order valence-electron chi connectivity index (χ2n) is 15.3. The second-order valence-corrected chi connectivity index (χ2v) is 15.3. The molecular formula is C37H63FN4O2. The molecule has 0 amide bonds. The number of allylic oxidation sites excluding steroid dienone is 6. The van der Waals surface area contributed by atoms with Gasteiger partial charge in [-0.25, -0.2) is 9.18 Å². The average molecular weight is 615 g/mol. The Balaban J connectivity index is 1.82. The third-order valence-corrected chi connectivity index (χ3v) is 12.1. The number of hydrogen-bond acceptors (Lipinski definition) is 6. The molecule has 0 aromatic carbocycles. The molecule has 2 fully saturated rings. The summed E-state index contributed by atoms with van der Waals surface area (Å²) in [4.78, 5) is 13.6. The number of esters is 1. The standard InChI is InChI=1S/C37H63FN4O2/c1-9-12-14-28-21-25(4)26(5)35(40,22-28)24-36(41)32(43)44-27(6)37(36,42)31(39)17-20-33(7,11-3)19-16-29(10-2)34(8)18-13-15-30(38)23-34/h13,15-16,23,26-28,31H,4,9-12,14,17-22,24,39-42H2,1-3,5-8H3/b29-16+/t26?,27-,28-,31+,33?,34?,35-,36-,37-/m1/s1. The van der Waals surface area contributed by atoms with Gasteiger partial charge in [0.05, 0.1) is 5.54 Å². The molecule has 2 aliphatic carbocycles. The lowest BCUT2D eigenvalue weighted by molar-refractivity contribution is -0.145. The van der Waals surface area contributed by atoms with Crippen molar-refractivity contribution in [2.45, 2.75) is 154 Å². The van der Waals surface area contributed by atoms with Gasteiger partial charge in [0.25, 0.3) is 0 Å². The molecule has 3 aliphatic rings. The Kier molecular flexibility index (Phi) is 11.6. The highest BCUT2D eigenvalue weighted by atomic mass is 19.1. The van der Waals surface area contributed by atoms with Gasteiger partial charge in [0.2, 0.25) is 0 Å². The third-order valence-electron chi connectivity index (χ3n) is 12.1. The topological polar surface area (TPSA) is 130 Å². The van der Waals surface area contributed by atoms with E-state index in [1.54, 1.807) is 12.2 Å². The van der Waals surface area contributed by atoms with Crippen LogP contribution in [0.5, 0.6) is 0 Å². The summed E-state index contributed by atoms with van der Waals surface area (Å²) in [7, 11) is 0. The first-order valence-electron chi connectivity index (χ1n) is 17.2. The van der Waals surface area contributed by atoms with Crippen molar-refractivity contribution in [2.75, 3.05) is 0 Å². The maximum absolute atomic E-state index is 14.2. The molecule has 1 saturated heterocycles. The molecule has 0 aromatic heterocycles. The molecule has 8 N–H and O–H groups in total. The van der Waals surface area contributed by atoms with Crippen molar-refractivity contribution in [1.29, 1.82) is 0 Å². The van der Waals surface area contributed by atoms with Crippen molar-refractivity contribution in [1.82, 2.24) is 0 Å². The molecule has 9 atom stereocenters. The van der Waals surface area contributed by atoms with E-state index in [0.717, 1.165) is 69.8 Å². The number of halogens is 1. The summed E-state index contributed by atoms with van der Waals surface area (Å²) in [6.45, 7) is 19.2. The molecule has 44 heavy (non-hydrogen) atoms. The minimum Gasteiger partial charge on any atom is -0.459 e. The lowest BCUT2D eigenvalue weighted by Crippen LogP contribution is -2.78. The molecule has 3 unspecified atom stereocenters. The van der Waals surface area contributed by atoms with E-state index in [9.17, 15) is 9.18 Å². The highest BCUT2D eigenvalue weighted by Gasteiger charge is 2.67. The van der Waals surface area contributed by atoms with Crippen LogP contribution in [0.3, 0.4) is 0 Å². The van der Waals surface area contributed by atoms with E-state index in [2.05, 4.69) is 54.2 Å². The number of cyclic esters (lactones) is 1. The van der Waals surface area contributed by atoms with Gasteiger partial charge in [0.15, 0.2) is 0 Å². The summed E-state index contributed by atoms with van der Waals surface area (Å²) in [5.41, 5.74) is 26.9. The molecule has 0 aromatic rings. The SMILES string of the molecule is C=C1C[C@@H](CCCC)C[C@@](N)(C[C@@]2(N)C(=O)O[C@H](C)[C@@]2(N)[C@@H](N)CCC(C)(CC)C/C=C(\CC)C2(C)C=C(F)C=CC2)C1C. The monoisotopic (exact) mass is 614 g/mol. The summed E-state index contributed by atoms with van der Waals surface area (Å²) < 4.78 is 20.0. The van der Waals surface area contributed by atoms with Gasteiger partial charge in [0, 0.05) is 17.0 Å². The van der Waals surface area contributed by atoms with Crippen LogP contribution < -0.4 is 22.9 Å². The van der Waals surface area contributed by atoms with Gasteiger partial charge in [0.1, 0.15) is 17.5 Å². The number of rotatable bonds is 14. The Bertz CT molecular complexity index is 1150. The maximum Gasteiger partial charge on any atom is 0.328 e. The maximum atomic E-state index is 14.2. The van der Waals surface area contributed by atoms with Crippen molar-refractivity contribution in [2.24, 2.45) is 45.6 Å². The number of ether oxygens (including phenoxy) is 1. The number of carbonyl (C=O) groups excluding carboxylic acids is 1. The Morgan fingerprint density at radius 3 is 2.52 bits per heavy atom. The van der Waals surface area contributed by atoms with Crippen LogP contribution in [0, 0.1) is 22.7 Å². The fraction of sp³-hybridized carbons (Fsp3) is 0.757. The van der Waals surface area contributed by atoms with Crippen molar-refractivity contribution in [3.63, 3.8) is 0 Å². The zero-order valence-electron chi connectivity index (χ0n) is 28.8. The van der Waals surface area contributed by atoms with Crippen LogP contribution in [-0.4, -0.2) is 34.7 Å². The number of hydrogen-bond donors (Lipinski definition) is 4. The van der Waals surface area contributed by atoms with Crippen LogP contribution in [0.2, 0.25) is 0 Å². The van der Waals surface area contributed by atoms with Crippen molar-refractivity contribution in [3.8, 4) is 0 Å². The smallest absolute Gasteiger partial charge is 0.328 e. The lowest BCUT2D eigenvalue weighted by Gasteiger charge is -2.51. The first-order chi connectivity index (χ1) is 20.4. The number of unbranched alkanes of at least 4 members (excludes halogenated alkanes) is 1. The van der Waals surface area contributed by atoms with E-state index < -0.39 is 34.7 Å². The highest BCUT2D eigenvalue weighted by molar-refractivity contribution is 5.86.